The predicted molar refractivity (Wildman–Crippen MR) is 169 cm³/mol. The molecule has 1 amide bonds. The predicted octanol–water partition coefficient (Wildman–Crippen LogP) is 2.61. The number of unbranched alkanes of at least 4 members (excludes halogenated alkanes) is 1. The van der Waals surface area contributed by atoms with Crippen LogP contribution in [0.25, 0.3) is 0 Å². The lowest BCUT2D eigenvalue weighted by Crippen LogP contribution is -2.42. The lowest BCUT2D eigenvalue weighted by Gasteiger charge is -2.40. The van der Waals surface area contributed by atoms with Gasteiger partial charge in [-0.25, -0.2) is 0 Å². The number of carbonyl (C=O) groups excluding carboxylic acids is 2. The average molecular weight is 629 g/mol. The number of methoxy groups -OCH3 is 4. The molecule has 6 N–H and O–H groups in total. The number of nitrogens with one attached hydrogen (secondary N) is 3. The molecular weight excluding hydrogens is 580 g/mol. The van der Waals surface area contributed by atoms with Crippen LogP contribution in [0.5, 0.6) is 28.7 Å². The smallest absolute Gasteiger partial charge is 0.310 e. The van der Waals surface area contributed by atoms with Gasteiger partial charge in [0.05, 0.1) is 47.0 Å². The van der Waals surface area contributed by atoms with E-state index in [-0.39, 0.29) is 41.6 Å². The third-order valence-electron chi connectivity index (χ3n) is 8.65. The third kappa shape index (κ3) is 7.92. The maximum Gasteiger partial charge on any atom is 0.310 e. The summed E-state index contributed by atoms with van der Waals surface area (Å²) in [6.45, 7) is 4.53. The Morgan fingerprint density at radius 3 is 2.02 bits per heavy atom. The van der Waals surface area contributed by atoms with E-state index < -0.39 is 17.9 Å². The summed E-state index contributed by atoms with van der Waals surface area (Å²) >= 11 is 0. The molecule has 2 aromatic rings. The van der Waals surface area contributed by atoms with Crippen molar-refractivity contribution in [3.8, 4) is 28.7 Å². The molecule has 0 aromatic heterocycles. The molecule has 1 fully saturated rings. The van der Waals surface area contributed by atoms with E-state index in [1.165, 1.54) is 14.2 Å². The van der Waals surface area contributed by atoms with Gasteiger partial charge in [-0.05, 0) is 99.4 Å². The molecule has 1 aliphatic carbocycles. The lowest BCUT2D eigenvalue weighted by atomic mass is 9.65. The second-order valence-corrected chi connectivity index (χ2v) is 11.4. The summed E-state index contributed by atoms with van der Waals surface area (Å²) in [5.41, 5.74) is 7.81. The van der Waals surface area contributed by atoms with Crippen LogP contribution in [0.4, 0.5) is 0 Å². The number of ether oxygens (including phenoxy) is 5. The summed E-state index contributed by atoms with van der Waals surface area (Å²) in [5.74, 6) is -0.543. The number of hydrogen-bond donors (Lipinski definition) is 5. The zero-order valence-electron chi connectivity index (χ0n) is 26.8. The fourth-order valence-corrected chi connectivity index (χ4v) is 6.37. The first-order chi connectivity index (χ1) is 21.9. The van der Waals surface area contributed by atoms with Gasteiger partial charge >= 0.3 is 5.97 Å². The molecule has 0 radical (unpaired) electrons. The largest absolute Gasteiger partial charge is 0.502 e. The molecule has 0 spiro atoms. The van der Waals surface area contributed by atoms with Crippen LogP contribution in [0, 0.1) is 11.8 Å². The normalized spacial score (nSPS) is 20.2. The molecule has 1 saturated heterocycles. The molecule has 4 atom stereocenters. The first-order valence-electron chi connectivity index (χ1n) is 15.7. The Morgan fingerprint density at radius 1 is 0.844 bits per heavy atom. The summed E-state index contributed by atoms with van der Waals surface area (Å²) in [7, 11) is 6.03. The number of hydrogen-bond acceptors (Lipinski definition) is 11. The minimum Gasteiger partial charge on any atom is -0.502 e. The minimum absolute atomic E-state index is 0.0886. The first-order valence-corrected chi connectivity index (χ1v) is 15.7. The zero-order valence-corrected chi connectivity index (χ0v) is 26.8. The highest BCUT2D eigenvalue weighted by atomic mass is 16.5. The highest BCUT2D eigenvalue weighted by Crippen LogP contribution is 2.55. The molecule has 2 aromatic carbocycles. The molecule has 12 heteroatoms. The Bertz CT molecular complexity index is 1280. The number of fused-ring (bicyclic) bond motifs is 2. The molecule has 2 aliphatic rings. The highest BCUT2D eigenvalue weighted by molar-refractivity contribution is 5.81. The first kappa shape index (κ1) is 34.1. The number of phenolic OH excluding ortho intramolecular Hbond substituents is 1. The standard InChI is InChI=1S/C33H48N4O8/c1-41-24-17-21-22(18-25(24)42-2)31(37-28(38)9-5-6-11-35-13-8-14-36-12-7-10-34)23-19-45-33(40)30(23)29(21)20-15-26(43-3)32(39)27(16-20)44-4/h15-18,23,29-31,35-36,39H,5-14,19,34H2,1-4H3,(H,37,38). The van der Waals surface area contributed by atoms with Crippen LogP contribution in [0.2, 0.25) is 0 Å². The van der Waals surface area contributed by atoms with E-state index in [9.17, 15) is 14.7 Å². The third-order valence-corrected chi connectivity index (χ3v) is 8.65. The SMILES string of the molecule is COc1cc2c(cc1OC)C(c1cc(OC)c(O)c(OC)c1)C1C(=O)OCC1C2NC(=O)CCCCNCCCNCCCN. The molecule has 4 unspecified atom stereocenters. The number of esters is 1. The lowest BCUT2D eigenvalue weighted by molar-refractivity contribution is -0.141. The topological polar surface area (TPSA) is 163 Å². The Balaban J connectivity index is 1.53. The minimum atomic E-state index is -0.603. The fourth-order valence-electron chi connectivity index (χ4n) is 6.37. The van der Waals surface area contributed by atoms with Gasteiger partial charge in [0.25, 0.3) is 0 Å². The van der Waals surface area contributed by atoms with E-state index >= 15 is 0 Å². The summed E-state index contributed by atoms with van der Waals surface area (Å²) in [6.07, 6.45) is 3.99. The van der Waals surface area contributed by atoms with Gasteiger partial charge in [0.2, 0.25) is 11.7 Å². The van der Waals surface area contributed by atoms with Crippen LogP contribution in [0.15, 0.2) is 24.3 Å². The Morgan fingerprint density at radius 2 is 1.42 bits per heavy atom. The quantitative estimate of drug-likeness (QED) is 0.122. The molecule has 4 rings (SSSR count). The van der Waals surface area contributed by atoms with Crippen molar-refractivity contribution in [1.29, 1.82) is 0 Å². The zero-order chi connectivity index (χ0) is 32.3. The van der Waals surface area contributed by atoms with Crippen LogP contribution < -0.4 is 40.6 Å². The van der Waals surface area contributed by atoms with Crippen LogP contribution in [-0.2, 0) is 14.3 Å². The van der Waals surface area contributed by atoms with Crippen LogP contribution in [0.1, 0.15) is 60.8 Å². The molecule has 1 aliphatic heterocycles. The van der Waals surface area contributed by atoms with E-state index in [0.717, 1.165) is 63.0 Å². The number of benzene rings is 2. The molecule has 248 valence electrons. The summed E-state index contributed by atoms with van der Waals surface area (Å²) in [5, 5.41) is 20.6. The van der Waals surface area contributed by atoms with Crippen molar-refractivity contribution < 1.29 is 38.4 Å². The summed E-state index contributed by atoms with van der Waals surface area (Å²) < 4.78 is 27.8. The molecule has 0 bridgehead atoms. The van der Waals surface area contributed by atoms with Crippen LogP contribution in [0.3, 0.4) is 0 Å². The van der Waals surface area contributed by atoms with E-state index in [1.54, 1.807) is 26.4 Å². The van der Waals surface area contributed by atoms with Gasteiger partial charge in [-0.1, -0.05) is 0 Å². The van der Waals surface area contributed by atoms with E-state index in [0.29, 0.717) is 30.0 Å². The van der Waals surface area contributed by atoms with Gasteiger partial charge in [-0.15, -0.1) is 0 Å². The van der Waals surface area contributed by atoms with Gasteiger partial charge in [-0.3, -0.25) is 9.59 Å². The molecular formula is C33H48N4O8. The van der Waals surface area contributed by atoms with E-state index in [2.05, 4.69) is 16.0 Å². The van der Waals surface area contributed by atoms with Crippen molar-refractivity contribution in [3.63, 3.8) is 0 Å². The van der Waals surface area contributed by atoms with Gasteiger partial charge in [0, 0.05) is 18.3 Å². The van der Waals surface area contributed by atoms with Crippen molar-refractivity contribution in [2.45, 2.75) is 44.1 Å². The number of aromatic hydroxyl groups is 1. The summed E-state index contributed by atoms with van der Waals surface area (Å²) in [6, 6.07) is 6.65. The fraction of sp³-hybridized carbons (Fsp3) is 0.576. The Labute approximate surface area is 265 Å². The molecule has 0 saturated carbocycles. The number of carbonyl (C=O) groups is 2. The number of cyclic esters (lactones) is 1. The maximum absolute atomic E-state index is 13.4. The van der Waals surface area contributed by atoms with Crippen molar-refractivity contribution >= 4 is 11.9 Å². The van der Waals surface area contributed by atoms with Gasteiger partial charge in [0.15, 0.2) is 23.0 Å². The summed E-state index contributed by atoms with van der Waals surface area (Å²) in [4.78, 5) is 26.6. The highest BCUT2D eigenvalue weighted by Gasteiger charge is 2.53. The van der Waals surface area contributed by atoms with Gasteiger partial charge < -0.3 is 50.5 Å². The molecule has 1 heterocycles. The number of nitrogens with two attached hydrogens (primary N) is 1. The molecule has 45 heavy (non-hydrogen) atoms. The Kier molecular flexibility index (Phi) is 12.5. The van der Waals surface area contributed by atoms with E-state index in [4.69, 9.17) is 29.4 Å². The maximum atomic E-state index is 13.4. The monoisotopic (exact) mass is 628 g/mol. The second kappa shape index (κ2) is 16.5. The van der Waals surface area contributed by atoms with Crippen molar-refractivity contribution in [2.75, 3.05) is 67.8 Å². The molecule has 12 nitrogen and oxygen atoms in total. The van der Waals surface area contributed by atoms with Crippen molar-refractivity contribution in [3.05, 3.63) is 41.0 Å². The Hall–Kier alpha value is -3.74. The van der Waals surface area contributed by atoms with Crippen molar-refractivity contribution in [2.24, 2.45) is 17.6 Å². The van der Waals surface area contributed by atoms with Gasteiger partial charge in [0.1, 0.15) is 0 Å². The van der Waals surface area contributed by atoms with E-state index in [1.807, 2.05) is 12.1 Å². The van der Waals surface area contributed by atoms with Crippen molar-refractivity contribution in [1.82, 2.24) is 16.0 Å². The second-order valence-electron chi connectivity index (χ2n) is 11.4. The number of rotatable bonds is 18. The number of amides is 1. The number of phenols is 1. The van der Waals surface area contributed by atoms with Crippen LogP contribution in [-0.4, -0.2) is 84.8 Å². The van der Waals surface area contributed by atoms with Crippen LogP contribution >= 0.6 is 0 Å². The average Bonchev–Trinajstić information content (AvgIpc) is 3.43. The van der Waals surface area contributed by atoms with Gasteiger partial charge in [-0.2, -0.15) is 0 Å².